The summed E-state index contributed by atoms with van der Waals surface area (Å²) in [4.78, 5) is 14.4. The maximum atomic E-state index is 10.6. The van der Waals surface area contributed by atoms with Gasteiger partial charge in [-0.25, -0.2) is 4.99 Å². The third-order valence-electron chi connectivity index (χ3n) is 2.24. The van der Waals surface area contributed by atoms with E-state index in [0.29, 0.717) is 13.0 Å². The minimum atomic E-state index is -1.01. The minimum absolute atomic E-state index is 0.0435. The monoisotopic (exact) mass is 236 g/mol. The standard InChI is InChI=1S/C11H16N4O2/c12-9(10(16)17)5-7-1-3-8(4-2-7)6-15-11(13)14/h1-4,9H,5-6,12H2,(H,16,17)(H4,13,14,15)/t9-/m1/s1. The van der Waals surface area contributed by atoms with Gasteiger partial charge in [-0.05, 0) is 17.5 Å². The number of rotatable bonds is 5. The predicted octanol–water partition coefficient (Wildman–Crippen LogP) is -0.586. The fourth-order valence-corrected chi connectivity index (χ4v) is 1.30. The van der Waals surface area contributed by atoms with E-state index in [2.05, 4.69) is 4.99 Å². The van der Waals surface area contributed by atoms with Crippen molar-refractivity contribution in [3.8, 4) is 0 Å². The van der Waals surface area contributed by atoms with Crippen LogP contribution in [0.4, 0.5) is 0 Å². The Morgan fingerprint density at radius 3 is 2.24 bits per heavy atom. The van der Waals surface area contributed by atoms with Crippen LogP contribution in [0.3, 0.4) is 0 Å². The minimum Gasteiger partial charge on any atom is -0.480 e. The van der Waals surface area contributed by atoms with E-state index in [1.165, 1.54) is 0 Å². The van der Waals surface area contributed by atoms with Crippen molar-refractivity contribution in [3.05, 3.63) is 35.4 Å². The first-order valence-electron chi connectivity index (χ1n) is 5.10. The van der Waals surface area contributed by atoms with Crippen LogP contribution in [0, 0.1) is 0 Å². The van der Waals surface area contributed by atoms with Crippen molar-refractivity contribution in [2.45, 2.75) is 19.0 Å². The smallest absolute Gasteiger partial charge is 0.320 e. The van der Waals surface area contributed by atoms with Crippen LogP contribution in [-0.2, 0) is 17.8 Å². The fraction of sp³-hybridized carbons (Fsp3) is 0.273. The second kappa shape index (κ2) is 5.86. The summed E-state index contributed by atoms with van der Waals surface area (Å²) in [6.07, 6.45) is 0.303. The van der Waals surface area contributed by atoms with Gasteiger partial charge in [0.1, 0.15) is 6.04 Å². The van der Waals surface area contributed by atoms with Gasteiger partial charge in [0.2, 0.25) is 0 Å². The van der Waals surface area contributed by atoms with Crippen molar-refractivity contribution < 1.29 is 9.90 Å². The van der Waals surface area contributed by atoms with E-state index in [1.807, 2.05) is 24.3 Å². The molecule has 6 heteroatoms. The molecule has 1 rings (SSSR count). The van der Waals surface area contributed by atoms with Crippen molar-refractivity contribution >= 4 is 11.9 Å². The maximum absolute atomic E-state index is 10.6. The molecule has 0 bridgehead atoms. The number of nitrogens with zero attached hydrogens (tertiary/aromatic N) is 1. The van der Waals surface area contributed by atoms with E-state index in [1.54, 1.807) is 0 Å². The number of guanidine groups is 1. The van der Waals surface area contributed by atoms with Crippen molar-refractivity contribution in [2.24, 2.45) is 22.2 Å². The van der Waals surface area contributed by atoms with Crippen LogP contribution in [-0.4, -0.2) is 23.1 Å². The second-order valence-electron chi connectivity index (χ2n) is 3.71. The summed E-state index contributed by atoms with van der Waals surface area (Å²) in [5.41, 5.74) is 17.7. The normalized spacial score (nSPS) is 11.8. The Bertz CT molecular complexity index is 410. The third kappa shape index (κ3) is 4.52. The topological polar surface area (TPSA) is 128 Å². The molecule has 7 N–H and O–H groups in total. The number of hydrogen-bond acceptors (Lipinski definition) is 3. The van der Waals surface area contributed by atoms with Gasteiger partial charge in [0.15, 0.2) is 5.96 Å². The zero-order chi connectivity index (χ0) is 12.8. The molecule has 0 spiro atoms. The van der Waals surface area contributed by atoms with Crippen LogP contribution in [0.1, 0.15) is 11.1 Å². The van der Waals surface area contributed by atoms with Crippen LogP contribution in [0.2, 0.25) is 0 Å². The predicted molar refractivity (Wildman–Crippen MR) is 65.3 cm³/mol. The molecule has 0 saturated carbocycles. The molecule has 1 aromatic rings. The molecule has 6 nitrogen and oxygen atoms in total. The van der Waals surface area contributed by atoms with E-state index in [0.717, 1.165) is 11.1 Å². The molecule has 0 amide bonds. The largest absolute Gasteiger partial charge is 0.480 e. The van der Waals surface area contributed by atoms with Gasteiger partial charge in [-0.1, -0.05) is 24.3 Å². The molecule has 1 aromatic carbocycles. The number of aliphatic carboxylic acids is 1. The summed E-state index contributed by atoms with van der Waals surface area (Å²) in [5.74, 6) is -0.962. The zero-order valence-corrected chi connectivity index (χ0v) is 9.34. The quantitative estimate of drug-likeness (QED) is 0.401. The Kier molecular flexibility index (Phi) is 4.47. The lowest BCUT2D eigenvalue weighted by Crippen LogP contribution is -2.32. The van der Waals surface area contributed by atoms with E-state index >= 15 is 0 Å². The summed E-state index contributed by atoms with van der Waals surface area (Å²) in [7, 11) is 0. The number of benzene rings is 1. The lowest BCUT2D eigenvalue weighted by Gasteiger charge is -2.06. The average Bonchev–Trinajstić information content (AvgIpc) is 2.28. The van der Waals surface area contributed by atoms with Crippen LogP contribution >= 0.6 is 0 Å². The molecule has 0 fully saturated rings. The molecule has 92 valence electrons. The zero-order valence-electron chi connectivity index (χ0n) is 9.34. The highest BCUT2D eigenvalue weighted by Gasteiger charge is 2.11. The molecule has 0 unspecified atom stereocenters. The van der Waals surface area contributed by atoms with Gasteiger partial charge < -0.3 is 22.3 Å². The van der Waals surface area contributed by atoms with Gasteiger partial charge in [0.05, 0.1) is 6.54 Å². The lowest BCUT2D eigenvalue weighted by molar-refractivity contribution is -0.138. The van der Waals surface area contributed by atoms with Crippen LogP contribution in [0.15, 0.2) is 29.3 Å². The summed E-state index contributed by atoms with van der Waals surface area (Å²) < 4.78 is 0. The fourth-order valence-electron chi connectivity index (χ4n) is 1.30. The van der Waals surface area contributed by atoms with Crippen molar-refractivity contribution in [3.63, 3.8) is 0 Å². The van der Waals surface area contributed by atoms with E-state index in [4.69, 9.17) is 22.3 Å². The summed E-state index contributed by atoms with van der Waals surface area (Å²) in [5, 5.41) is 8.67. The van der Waals surface area contributed by atoms with Gasteiger partial charge in [0.25, 0.3) is 0 Å². The van der Waals surface area contributed by atoms with Crippen LogP contribution in [0.5, 0.6) is 0 Å². The number of hydrogen-bond donors (Lipinski definition) is 4. The highest BCUT2D eigenvalue weighted by Crippen LogP contribution is 2.07. The van der Waals surface area contributed by atoms with Crippen LogP contribution < -0.4 is 17.2 Å². The molecular weight excluding hydrogens is 220 g/mol. The Balaban J connectivity index is 2.62. The number of aliphatic imine (C=N–C) groups is 1. The van der Waals surface area contributed by atoms with E-state index < -0.39 is 12.0 Å². The number of carbonyl (C=O) groups is 1. The summed E-state index contributed by atoms with van der Waals surface area (Å²) in [6, 6.07) is 6.45. The summed E-state index contributed by atoms with van der Waals surface area (Å²) >= 11 is 0. The second-order valence-corrected chi connectivity index (χ2v) is 3.71. The van der Waals surface area contributed by atoms with Crippen LogP contribution in [0.25, 0.3) is 0 Å². The Hall–Kier alpha value is -2.08. The maximum Gasteiger partial charge on any atom is 0.320 e. The van der Waals surface area contributed by atoms with Gasteiger partial charge in [-0.15, -0.1) is 0 Å². The van der Waals surface area contributed by atoms with Crippen molar-refractivity contribution in [1.29, 1.82) is 0 Å². The first kappa shape index (κ1) is 13.0. The SMILES string of the molecule is NC(N)=NCc1ccc(C[C@@H](N)C(=O)O)cc1. The van der Waals surface area contributed by atoms with Crippen molar-refractivity contribution in [1.82, 2.24) is 0 Å². The highest BCUT2D eigenvalue weighted by atomic mass is 16.4. The highest BCUT2D eigenvalue weighted by molar-refractivity contribution is 5.75. The number of carboxylic acid groups (broad SMARTS) is 1. The molecule has 17 heavy (non-hydrogen) atoms. The molecular formula is C11H16N4O2. The third-order valence-corrected chi connectivity index (χ3v) is 2.24. The van der Waals surface area contributed by atoms with Gasteiger partial charge in [-0.3, -0.25) is 4.79 Å². The van der Waals surface area contributed by atoms with Crippen molar-refractivity contribution in [2.75, 3.05) is 0 Å². The molecule has 0 aromatic heterocycles. The Labute approximate surface area is 99.1 Å². The number of nitrogens with two attached hydrogens (primary N) is 3. The molecule has 0 aliphatic heterocycles. The van der Waals surface area contributed by atoms with E-state index in [9.17, 15) is 4.79 Å². The average molecular weight is 236 g/mol. The summed E-state index contributed by atoms with van der Waals surface area (Å²) in [6.45, 7) is 0.410. The lowest BCUT2D eigenvalue weighted by atomic mass is 10.0. The van der Waals surface area contributed by atoms with Gasteiger partial charge in [-0.2, -0.15) is 0 Å². The first-order chi connectivity index (χ1) is 7.99. The first-order valence-corrected chi connectivity index (χ1v) is 5.10. The molecule has 1 atom stereocenters. The van der Waals surface area contributed by atoms with Gasteiger partial charge >= 0.3 is 5.97 Å². The Morgan fingerprint density at radius 1 is 1.24 bits per heavy atom. The molecule has 0 aliphatic rings. The van der Waals surface area contributed by atoms with E-state index in [-0.39, 0.29) is 5.96 Å². The van der Waals surface area contributed by atoms with Gasteiger partial charge in [0, 0.05) is 0 Å². The Morgan fingerprint density at radius 2 is 1.76 bits per heavy atom. The molecule has 0 saturated heterocycles. The molecule has 0 radical (unpaired) electrons. The number of carboxylic acids is 1. The molecule has 0 aliphatic carbocycles. The molecule has 0 heterocycles.